The Morgan fingerprint density at radius 1 is 1.12 bits per heavy atom. The van der Waals surface area contributed by atoms with E-state index in [2.05, 4.69) is 32.2 Å². The smallest absolute Gasteiger partial charge is 0.276 e. The number of imidazole rings is 1. The fourth-order valence-corrected chi connectivity index (χ4v) is 5.08. The molecular formula is C29H43N9O4. The van der Waals surface area contributed by atoms with E-state index in [9.17, 15) is 14.4 Å². The van der Waals surface area contributed by atoms with Crippen molar-refractivity contribution >= 4 is 34.7 Å². The van der Waals surface area contributed by atoms with E-state index >= 15 is 0 Å². The summed E-state index contributed by atoms with van der Waals surface area (Å²) in [5.41, 5.74) is 8.22. The van der Waals surface area contributed by atoms with E-state index in [0.717, 1.165) is 38.3 Å². The molecule has 0 bridgehead atoms. The highest BCUT2D eigenvalue weighted by Gasteiger charge is 2.22. The van der Waals surface area contributed by atoms with Gasteiger partial charge in [0.05, 0.1) is 24.4 Å². The molecule has 0 atom stereocenters. The SMILES string of the molecule is CCCn1c(NC(=O)c2cc(C)nn2CC)nc2cc(C(N)=O)cc(OCCCN(C)C(=O)CN3CCN(C)CC3)c21. The monoisotopic (exact) mass is 581 g/mol. The first kappa shape index (κ1) is 31.0. The van der Waals surface area contributed by atoms with E-state index in [0.29, 0.717) is 67.6 Å². The number of nitrogens with two attached hydrogens (primary N) is 1. The number of aromatic nitrogens is 4. The molecule has 0 unspecified atom stereocenters. The predicted octanol–water partition coefficient (Wildman–Crippen LogP) is 1.80. The van der Waals surface area contributed by atoms with Crippen LogP contribution in [0.15, 0.2) is 18.2 Å². The molecule has 42 heavy (non-hydrogen) atoms. The molecule has 2 aromatic heterocycles. The number of amides is 3. The Hall–Kier alpha value is -3.97. The number of fused-ring (bicyclic) bond motifs is 1. The van der Waals surface area contributed by atoms with Gasteiger partial charge in [-0.1, -0.05) is 6.92 Å². The molecule has 228 valence electrons. The largest absolute Gasteiger partial charge is 0.491 e. The van der Waals surface area contributed by atoms with Crippen LogP contribution in [0, 0.1) is 6.92 Å². The first-order chi connectivity index (χ1) is 20.1. The predicted molar refractivity (Wildman–Crippen MR) is 161 cm³/mol. The van der Waals surface area contributed by atoms with E-state index in [1.54, 1.807) is 27.8 Å². The van der Waals surface area contributed by atoms with Gasteiger partial charge in [-0.15, -0.1) is 0 Å². The van der Waals surface area contributed by atoms with Gasteiger partial charge in [0.25, 0.3) is 5.91 Å². The van der Waals surface area contributed by atoms with Crippen molar-refractivity contribution in [1.29, 1.82) is 0 Å². The molecule has 1 saturated heterocycles. The van der Waals surface area contributed by atoms with Crippen molar-refractivity contribution in [1.82, 2.24) is 34.0 Å². The molecule has 0 spiro atoms. The van der Waals surface area contributed by atoms with E-state index < -0.39 is 5.91 Å². The molecule has 1 aliphatic rings. The van der Waals surface area contributed by atoms with Gasteiger partial charge in [-0.2, -0.15) is 5.10 Å². The van der Waals surface area contributed by atoms with Crippen LogP contribution in [-0.4, -0.2) is 112 Å². The van der Waals surface area contributed by atoms with Crippen LogP contribution in [0.4, 0.5) is 5.95 Å². The van der Waals surface area contributed by atoms with Crippen LogP contribution in [0.2, 0.25) is 0 Å². The molecule has 1 fully saturated rings. The van der Waals surface area contributed by atoms with Crippen molar-refractivity contribution in [3.8, 4) is 5.75 Å². The minimum absolute atomic E-state index is 0.0821. The fourth-order valence-electron chi connectivity index (χ4n) is 5.08. The Kier molecular flexibility index (Phi) is 10.2. The highest BCUT2D eigenvalue weighted by Crippen LogP contribution is 2.31. The zero-order chi connectivity index (χ0) is 30.4. The maximum absolute atomic E-state index is 13.2. The third-order valence-electron chi connectivity index (χ3n) is 7.47. The minimum atomic E-state index is -0.603. The number of carbonyl (C=O) groups excluding carboxylic acids is 3. The van der Waals surface area contributed by atoms with Crippen molar-refractivity contribution in [2.45, 2.75) is 46.7 Å². The van der Waals surface area contributed by atoms with Gasteiger partial charge < -0.3 is 24.8 Å². The van der Waals surface area contributed by atoms with Gasteiger partial charge >= 0.3 is 0 Å². The summed E-state index contributed by atoms with van der Waals surface area (Å²) in [7, 11) is 3.90. The Morgan fingerprint density at radius 3 is 2.52 bits per heavy atom. The third-order valence-corrected chi connectivity index (χ3v) is 7.47. The zero-order valence-electron chi connectivity index (χ0n) is 25.4. The van der Waals surface area contributed by atoms with Crippen molar-refractivity contribution in [2.24, 2.45) is 5.73 Å². The minimum Gasteiger partial charge on any atom is -0.491 e. The van der Waals surface area contributed by atoms with Crippen molar-refractivity contribution in [3.63, 3.8) is 0 Å². The normalized spacial score (nSPS) is 14.3. The number of benzene rings is 1. The number of piperazine rings is 1. The van der Waals surface area contributed by atoms with Crippen LogP contribution in [0.1, 0.15) is 53.2 Å². The summed E-state index contributed by atoms with van der Waals surface area (Å²) in [4.78, 5) is 48.9. The van der Waals surface area contributed by atoms with Crippen LogP contribution >= 0.6 is 0 Å². The maximum atomic E-state index is 13.2. The standard InChI is InChI=1S/C29H43N9O4/c1-6-9-37-26-22(31-29(37)32-28(41)23-16-20(3)33-38(23)7-2)17-21(27(30)40)18-24(26)42-15-8-10-35(5)25(39)19-36-13-11-34(4)12-14-36/h16-18H,6-15,19H2,1-5H3,(H2,30,40)(H,31,32,41). The van der Waals surface area contributed by atoms with Crippen LogP contribution in [0.5, 0.6) is 5.75 Å². The highest BCUT2D eigenvalue weighted by molar-refractivity contribution is 6.04. The summed E-state index contributed by atoms with van der Waals surface area (Å²) in [6.45, 7) is 11.9. The molecule has 13 heteroatoms. The topological polar surface area (TPSA) is 144 Å². The number of aryl methyl sites for hydroxylation is 3. The molecule has 13 nitrogen and oxygen atoms in total. The van der Waals surface area contributed by atoms with E-state index in [1.165, 1.54) is 0 Å². The first-order valence-corrected chi connectivity index (χ1v) is 14.6. The van der Waals surface area contributed by atoms with E-state index in [-0.39, 0.29) is 17.4 Å². The van der Waals surface area contributed by atoms with Crippen LogP contribution in [0.3, 0.4) is 0 Å². The average molecular weight is 582 g/mol. The molecule has 1 aliphatic heterocycles. The Bertz CT molecular complexity index is 1420. The zero-order valence-corrected chi connectivity index (χ0v) is 25.4. The lowest BCUT2D eigenvalue weighted by Gasteiger charge is -2.32. The second kappa shape index (κ2) is 13.8. The summed E-state index contributed by atoms with van der Waals surface area (Å²) in [5, 5.41) is 7.29. The van der Waals surface area contributed by atoms with Crippen molar-refractivity contribution in [3.05, 3.63) is 35.2 Å². The number of likely N-dealkylation sites (N-methyl/N-ethyl adjacent to an activating group) is 2. The summed E-state index contributed by atoms with van der Waals surface area (Å²) < 4.78 is 9.71. The summed E-state index contributed by atoms with van der Waals surface area (Å²) >= 11 is 0. The number of hydrogen-bond donors (Lipinski definition) is 2. The quantitative estimate of drug-likeness (QED) is 0.291. The number of carbonyl (C=O) groups is 3. The second-order valence-corrected chi connectivity index (χ2v) is 10.8. The van der Waals surface area contributed by atoms with Gasteiger partial charge in [-0.3, -0.25) is 29.3 Å². The summed E-state index contributed by atoms with van der Waals surface area (Å²) in [5.74, 6) is -0.0535. The van der Waals surface area contributed by atoms with Crippen molar-refractivity contribution in [2.75, 3.05) is 65.3 Å². The molecule has 0 saturated carbocycles. The van der Waals surface area contributed by atoms with E-state index in [1.807, 2.05) is 32.4 Å². The van der Waals surface area contributed by atoms with Crippen LogP contribution in [0.25, 0.3) is 11.0 Å². The number of nitrogens with one attached hydrogen (secondary N) is 1. The summed E-state index contributed by atoms with van der Waals surface area (Å²) in [6, 6.07) is 4.96. The molecule has 3 N–H and O–H groups in total. The Balaban J connectivity index is 1.49. The van der Waals surface area contributed by atoms with Gasteiger partial charge in [0.15, 0.2) is 0 Å². The van der Waals surface area contributed by atoms with Gasteiger partial charge in [-0.05, 0) is 51.9 Å². The van der Waals surface area contributed by atoms with Crippen LogP contribution in [-0.2, 0) is 17.9 Å². The molecule has 0 aliphatic carbocycles. The molecule has 3 heterocycles. The number of nitrogens with zero attached hydrogens (tertiary/aromatic N) is 7. The highest BCUT2D eigenvalue weighted by atomic mass is 16.5. The molecule has 3 amide bonds. The maximum Gasteiger partial charge on any atom is 0.276 e. The first-order valence-electron chi connectivity index (χ1n) is 14.6. The lowest BCUT2D eigenvalue weighted by molar-refractivity contribution is -0.131. The second-order valence-electron chi connectivity index (χ2n) is 10.8. The number of anilines is 1. The Labute approximate surface area is 246 Å². The van der Waals surface area contributed by atoms with E-state index in [4.69, 9.17) is 10.5 Å². The van der Waals surface area contributed by atoms with Gasteiger partial charge in [0.2, 0.25) is 17.8 Å². The van der Waals surface area contributed by atoms with Crippen LogP contribution < -0.4 is 15.8 Å². The number of rotatable bonds is 13. The fraction of sp³-hybridized carbons (Fsp3) is 0.552. The lowest BCUT2D eigenvalue weighted by atomic mass is 10.1. The molecule has 0 radical (unpaired) electrons. The van der Waals surface area contributed by atoms with Gasteiger partial charge in [-0.25, -0.2) is 4.98 Å². The number of primary amides is 1. The molecular weight excluding hydrogens is 538 g/mol. The van der Waals surface area contributed by atoms with Gasteiger partial charge in [0, 0.05) is 58.4 Å². The average Bonchev–Trinajstić information content (AvgIpc) is 3.51. The van der Waals surface area contributed by atoms with Crippen molar-refractivity contribution < 1.29 is 19.1 Å². The number of ether oxygens (including phenoxy) is 1. The summed E-state index contributed by atoms with van der Waals surface area (Å²) in [6.07, 6.45) is 1.37. The Morgan fingerprint density at radius 2 is 1.86 bits per heavy atom. The molecule has 1 aromatic carbocycles. The van der Waals surface area contributed by atoms with Gasteiger partial charge in [0.1, 0.15) is 17.0 Å². The molecule has 4 rings (SSSR count). The third kappa shape index (κ3) is 7.26. The lowest BCUT2D eigenvalue weighted by Crippen LogP contribution is -2.48. The molecule has 3 aromatic rings. The number of hydrogen-bond acceptors (Lipinski definition) is 8.